The molecule has 0 amide bonds. The van der Waals surface area contributed by atoms with Crippen LogP contribution in [0.4, 0.5) is 0 Å². The van der Waals surface area contributed by atoms with E-state index in [0.29, 0.717) is 25.4 Å². The van der Waals surface area contributed by atoms with Crippen LogP contribution < -0.4 is 13.7 Å². The van der Waals surface area contributed by atoms with Crippen LogP contribution in [0.3, 0.4) is 0 Å². The molecule has 0 atom stereocenters. The Morgan fingerprint density at radius 1 is 0.825 bits per heavy atom. The largest absolute Gasteiger partial charge is 0.493 e. The first-order valence-electron chi connectivity index (χ1n) is 14.1. The van der Waals surface area contributed by atoms with Gasteiger partial charge in [0.15, 0.2) is 11.5 Å². The Bertz CT molecular complexity index is 1200. The molecule has 0 aliphatic carbocycles. The number of aryl methyl sites for hydroxylation is 2. The van der Waals surface area contributed by atoms with Crippen LogP contribution in [0.5, 0.6) is 17.2 Å². The Kier molecular flexibility index (Phi) is 14.4. The topological polar surface area (TPSA) is 97.4 Å². The van der Waals surface area contributed by atoms with Gasteiger partial charge in [-0.25, -0.2) is 4.79 Å². The van der Waals surface area contributed by atoms with E-state index in [4.69, 9.17) is 23.1 Å². The standard InChI is InChI=1S/C31H44O8S/c1-6-10-19-38-28-22-25(23-30(36-8-3)31(32)37-9-4)15-17-26(28)14-12-13-24-16-18-27(29(21-24)35-5)39-40(33,34)20-11-7-2/h15-18,21-23H,6-14,19-20H2,1-5H3/b30-23-. The van der Waals surface area contributed by atoms with E-state index >= 15 is 0 Å². The number of carbonyl (C=O) groups is 1. The number of ether oxygens (including phenoxy) is 4. The van der Waals surface area contributed by atoms with Gasteiger partial charge in [-0.1, -0.05) is 44.9 Å². The molecule has 2 aromatic carbocycles. The predicted molar refractivity (Wildman–Crippen MR) is 157 cm³/mol. The predicted octanol–water partition coefficient (Wildman–Crippen LogP) is 6.50. The molecule has 8 nitrogen and oxygen atoms in total. The first-order valence-corrected chi connectivity index (χ1v) is 15.7. The lowest BCUT2D eigenvalue weighted by Gasteiger charge is -2.14. The third-order valence-electron chi connectivity index (χ3n) is 6.03. The van der Waals surface area contributed by atoms with Crippen molar-refractivity contribution in [1.82, 2.24) is 0 Å². The number of hydrogen-bond donors (Lipinski definition) is 0. The summed E-state index contributed by atoms with van der Waals surface area (Å²) in [6.45, 7) is 8.85. The molecule has 2 aromatic rings. The highest BCUT2D eigenvalue weighted by molar-refractivity contribution is 7.87. The van der Waals surface area contributed by atoms with Crippen LogP contribution in [0.1, 0.15) is 76.5 Å². The van der Waals surface area contributed by atoms with Crippen molar-refractivity contribution in [3.8, 4) is 17.2 Å². The minimum absolute atomic E-state index is 0.0264. The Hall–Kier alpha value is -3.20. The summed E-state index contributed by atoms with van der Waals surface area (Å²) < 4.78 is 51.9. The highest BCUT2D eigenvalue weighted by atomic mass is 32.2. The highest BCUT2D eigenvalue weighted by Gasteiger charge is 2.17. The number of methoxy groups -OCH3 is 1. The quantitative estimate of drug-likeness (QED) is 0.0615. The van der Waals surface area contributed by atoms with Crippen molar-refractivity contribution >= 4 is 22.2 Å². The van der Waals surface area contributed by atoms with Crippen molar-refractivity contribution in [3.63, 3.8) is 0 Å². The average Bonchev–Trinajstić information content (AvgIpc) is 2.93. The second-order valence-electron chi connectivity index (χ2n) is 9.27. The van der Waals surface area contributed by atoms with E-state index in [2.05, 4.69) is 6.92 Å². The molecule has 0 N–H and O–H groups in total. The Morgan fingerprint density at radius 3 is 2.25 bits per heavy atom. The number of hydrogen-bond acceptors (Lipinski definition) is 8. The molecule has 0 aliphatic heterocycles. The minimum Gasteiger partial charge on any atom is -0.493 e. The van der Waals surface area contributed by atoms with E-state index in [1.54, 1.807) is 19.1 Å². The number of benzene rings is 2. The third-order valence-corrected chi connectivity index (χ3v) is 7.25. The second-order valence-corrected chi connectivity index (χ2v) is 11.0. The van der Waals surface area contributed by atoms with E-state index in [-0.39, 0.29) is 23.9 Å². The van der Waals surface area contributed by atoms with E-state index in [9.17, 15) is 13.2 Å². The van der Waals surface area contributed by atoms with Gasteiger partial charge in [-0.3, -0.25) is 0 Å². The van der Waals surface area contributed by atoms with E-state index in [1.807, 2.05) is 44.2 Å². The van der Waals surface area contributed by atoms with Gasteiger partial charge in [-0.15, -0.1) is 0 Å². The Balaban J connectivity index is 2.16. The smallest absolute Gasteiger partial charge is 0.373 e. The number of esters is 1. The summed E-state index contributed by atoms with van der Waals surface area (Å²) in [7, 11) is -2.16. The van der Waals surface area contributed by atoms with Gasteiger partial charge in [-0.2, -0.15) is 8.42 Å². The molecule has 0 fully saturated rings. The SMILES string of the molecule is CCCCOc1cc(/C=C(\OCC)C(=O)OCC)ccc1CCCc1ccc(OS(=O)(=O)CCCC)c(OC)c1. The lowest BCUT2D eigenvalue weighted by atomic mass is 10.0. The highest BCUT2D eigenvalue weighted by Crippen LogP contribution is 2.31. The molecule has 0 aliphatic rings. The molecule has 0 heterocycles. The molecule has 0 unspecified atom stereocenters. The van der Waals surface area contributed by atoms with Crippen LogP contribution in [0.25, 0.3) is 6.08 Å². The average molecular weight is 577 g/mol. The molecule has 222 valence electrons. The van der Waals surface area contributed by atoms with Crippen LogP contribution in [0.15, 0.2) is 42.2 Å². The lowest BCUT2D eigenvalue weighted by molar-refractivity contribution is -0.142. The maximum Gasteiger partial charge on any atom is 0.373 e. The van der Waals surface area contributed by atoms with Crippen molar-refractivity contribution in [3.05, 3.63) is 58.8 Å². The van der Waals surface area contributed by atoms with Crippen molar-refractivity contribution in [2.24, 2.45) is 0 Å². The molecule has 0 radical (unpaired) electrons. The third kappa shape index (κ3) is 11.1. The second kappa shape index (κ2) is 17.5. The Labute approximate surface area is 239 Å². The van der Waals surface area contributed by atoms with Crippen molar-refractivity contribution in [2.75, 3.05) is 32.7 Å². The normalized spacial score (nSPS) is 11.7. The minimum atomic E-state index is -3.66. The van der Waals surface area contributed by atoms with Gasteiger partial charge < -0.3 is 23.1 Å². The molecular weight excluding hydrogens is 532 g/mol. The fourth-order valence-corrected chi connectivity index (χ4v) is 5.05. The zero-order valence-electron chi connectivity index (χ0n) is 24.5. The van der Waals surface area contributed by atoms with Crippen molar-refractivity contribution in [2.45, 2.75) is 72.6 Å². The van der Waals surface area contributed by atoms with Crippen LogP contribution >= 0.6 is 0 Å². The molecule has 2 rings (SSSR count). The van der Waals surface area contributed by atoms with Gasteiger partial charge in [0.25, 0.3) is 0 Å². The molecule has 0 saturated carbocycles. The summed E-state index contributed by atoms with van der Waals surface area (Å²) in [4.78, 5) is 12.3. The lowest BCUT2D eigenvalue weighted by Crippen LogP contribution is -2.14. The fourth-order valence-electron chi connectivity index (χ4n) is 3.92. The van der Waals surface area contributed by atoms with Crippen molar-refractivity contribution in [1.29, 1.82) is 0 Å². The fraction of sp³-hybridized carbons (Fsp3) is 0.516. The van der Waals surface area contributed by atoms with Gasteiger partial charge in [0.1, 0.15) is 5.75 Å². The monoisotopic (exact) mass is 576 g/mol. The summed E-state index contributed by atoms with van der Waals surface area (Å²) in [5.41, 5.74) is 2.87. The molecule has 0 bridgehead atoms. The number of rotatable bonds is 19. The van der Waals surface area contributed by atoms with Crippen LogP contribution in [0.2, 0.25) is 0 Å². The zero-order valence-corrected chi connectivity index (χ0v) is 25.3. The summed E-state index contributed by atoms with van der Waals surface area (Å²) >= 11 is 0. The van der Waals surface area contributed by atoms with Gasteiger partial charge in [0.05, 0.1) is 32.7 Å². The number of carbonyl (C=O) groups excluding carboxylic acids is 1. The maximum absolute atomic E-state index is 12.3. The summed E-state index contributed by atoms with van der Waals surface area (Å²) in [5, 5.41) is 0. The van der Waals surface area contributed by atoms with Crippen molar-refractivity contribution < 1.29 is 36.3 Å². The number of unbranched alkanes of at least 4 members (excludes halogenated alkanes) is 2. The van der Waals surface area contributed by atoms with Gasteiger partial charge in [-0.05, 0) is 86.9 Å². The van der Waals surface area contributed by atoms with Crippen LogP contribution in [-0.4, -0.2) is 47.1 Å². The summed E-state index contributed by atoms with van der Waals surface area (Å²) in [6, 6.07) is 11.2. The van der Waals surface area contributed by atoms with Gasteiger partial charge in [0, 0.05) is 0 Å². The van der Waals surface area contributed by atoms with E-state index in [0.717, 1.165) is 61.0 Å². The molecule has 0 saturated heterocycles. The molecule has 0 aromatic heterocycles. The van der Waals surface area contributed by atoms with Crippen LogP contribution in [-0.2, 0) is 37.2 Å². The van der Waals surface area contributed by atoms with Gasteiger partial charge in [0.2, 0.25) is 5.76 Å². The first kappa shape index (κ1) is 33.0. The molecule has 40 heavy (non-hydrogen) atoms. The van der Waals surface area contributed by atoms with Crippen LogP contribution in [0, 0.1) is 0 Å². The molecular formula is C31H44O8S. The van der Waals surface area contributed by atoms with Gasteiger partial charge >= 0.3 is 16.1 Å². The van der Waals surface area contributed by atoms with E-state index < -0.39 is 16.1 Å². The summed E-state index contributed by atoms with van der Waals surface area (Å²) in [5.74, 6) is 1.02. The first-order chi connectivity index (χ1) is 19.3. The molecule has 0 spiro atoms. The summed E-state index contributed by atoms with van der Waals surface area (Å²) in [6.07, 6.45) is 7.32. The molecule has 9 heteroatoms. The zero-order chi connectivity index (χ0) is 29.4. The Morgan fingerprint density at radius 2 is 1.57 bits per heavy atom. The van der Waals surface area contributed by atoms with E-state index in [1.165, 1.54) is 7.11 Å². The maximum atomic E-state index is 12.3.